The number of primary amides is 1. The van der Waals surface area contributed by atoms with E-state index in [9.17, 15) is 34.8 Å². The number of carbonyl (C=O) groups excluding carboxylic acids is 3. The molecule has 3 aliphatic carbocycles. The number of rotatable bonds is 6. The number of ketones is 2. The molecule has 44 heavy (non-hydrogen) atoms. The molecule has 1 amide bonds. The molecule has 14 nitrogen and oxygen atoms in total. The van der Waals surface area contributed by atoms with Crippen molar-refractivity contribution in [2.24, 2.45) is 17.6 Å². The summed E-state index contributed by atoms with van der Waals surface area (Å²) in [6.45, 7) is 0. The lowest BCUT2D eigenvalue weighted by molar-refractivity contribution is -0.419. The number of phenols is 1. The summed E-state index contributed by atoms with van der Waals surface area (Å²) in [5.74, 6) is -7.49. The Morgan fingerprint density at radius 3 is 2.18 bits per heavy atom. The molecule has 4 atom stereocenters. The quantitative estimate of drug-likeness (QED) is 0.154. The second kappa shape index (κ2) is 10.3. The Labute approximate surface area is 251 Å². The number of Topliss-reactive ketones (excluding diaryl/α,β-unsaturated/α-hetero) is 2. The van der Waals surface area contributed by atoms with Crippen molar-refractivity contribution in [2.45, 2.75) is 30.6 Å². The number of amides is 1. The van der Waals surface area contributed by atoms with E-state index >= 15 is 0 Å². The van der Waals surface area contributed by atoms with E-state index in [1.807, 2.05) is 0 Å². The highest BCUT2D eigenvalue weighted by Gasteiger charge is 2.64. The number of likely N-dealkylation sites (N-methyl/N-ethyl adjacent to an activating group) is 1. The minimum Gasteiger partial charge on any atom is -0.508 e. The third-order valence-corrected chi connectivity index (χ3v) is 8.60. The van der Waals surface area contributed by atoms with Crippen molar-refractivity contribution in [3.8, 4) is 22.6 Å². The van der Waals surface area contributed by atoms with E-state index in [1.165, 1.54) is 43.3 Å². The molecule has 2 aromatic carbocycles. The largest absolute Gasteiger partial charge is 0.508 e. The van der Waals surface area contributed by atoms with E-state index in [-0.39, 0.29) is 35.3 Å². The number of aliphatic hydroxyl groups excluding tert-OH is 2. The fourth-order valence-corrected chi connectivity index (χ4v) is 6.77. The fourth-order valence-electron chi connectivity index (χ4n) is 6.77. The van der Waals surface area contributed by atoms with Gasteiger partial charge in [-0.05, 0) is 62.2 Å². The van der Waals surface area contributed by atoms with Crippen LogP contribution in [-0.2, 0) is 20.8 Å². The van der Waals surface area contributed by atoms with Crippen molar-refractivity contribution in [1.82, 2.24) is 4.90 Å². The van der Waals surface area contributed by atoms with Gasteiger partial charge in [-0.2, -0.15) is 0 Å². The zero-order chi connectivity index (χ0) is 32.6. The molecule has 0 aromatic heterocycles. The van der Waals surface area contributed by atoms with Gasteiger partial charge in [-0.15, -0.1) is 0 Å². The van der Waals surface area contributed by atoms with E-state index in [0.29, 0.717) is 16.8 Å². The maximum Gasteiger partial charge on any atom is 0.453 e. The molecule has 3 aliphatic rings. The lowest BCUT2D eigenvalue weighted by Gasteiger charge is -2.50. The van der Waals surface area contributed by atoms with Gasteiger partial charge >= 0.3 is 6.16 Å². The maximum atomic E-state index is 14.1. The van der Waals surface area contributed by atoms with Crippen LogP contribution in [-0.4, -0.2) is 104 Å². The predicted molar refractivity (Wildman–Crippen MR) is 154 cm³/mol. The molecule has 14 heteroatoms. The third kappa shape index (κ3) is 4.58. The molecule has 1 saturated carbocycles. The second-order valence-electron chi connectivity index (χ2n) is 11.7. The normalized spacial score (nSPS) is 25.1. The number of nitrogens with two attached hydrogens (primary N) is 1. The van der Waals surface area contributed by atoms with Crippen LogP contribution < -0.4 is 15.4 Å². The highest BCUT2D eigenvalue weighted by molar-refractivity contribution is 6.24. The van der Waals surface area contributed by atoms with Crippen molar-refractivity contribution in [2.75, 3.05) is 33.1 Å². The summed E-state index contributed by atoms with van der Waals surface area (Å²) in [7, 11) is 6.55. The van der Waals surface area contributed by atoms with Crippen LogP contribution in [0, 0.1) is 11.8 Å². The Balaban J connectivity index is 1.71. The van der Waals surface area contributed by atoms with Gasteiger partial charge in [0.05, 0.1) is 11.6 Å². The summed E-state index contributed by atoms with van der Waals surface area (Å²) in [6, 6.07) is 5.98. The number of nitrogens with zero attached hydrogens (tertiary/aromatic N) is 2. The molecular formula is C30H33N3O11. The number of hydrogen-bond acceptors (Lipinski definition) is 13. The molecule has 0 aliphatic heterocycles. The smallest absolute Gasteiger partial charge is 0.453 e. The summed E-state index contributed by atoms with van der Waals surface area (Å²) in [5, 5.41) is 73.2. The third-order valence-electron chi connectivity index (χ3n) is 8.60. The highest BCUT2D eigenvalue weighted by Crippen LogP contribution is 2.55. The van der Waals surface area contributed by atoms with Gasteiger partial charge in [-0.3, -0.25) is 19.3 Å². The first-order valence-electron chi connectivity index (χ1n) is 13.6. The van der Waals surface area contributed by atoms with Gasteiger partial charge in [0.1, 0.15) is 28.6 Å². The molecule has 0 radical (unpaired) electrons. The predicted octanol–water partition coefficient (Wildman–Crippen LogP) is -0.336. The first-order valence-corrected chi connectivity index (χ1v) is 13.6. The fraction of sp³-hybridized carbons (Fsp3) is 0.367. The van der Waals surface area contributed by atoms with Gasteiger partial charge in [0.15, 0.2) is 11.4 Å². The number of fused-ring (bicyclic) bond motifs is 3. The average molecular weight is 612 g/mol. The summed E-state index contributed by atoms with van der Waals surface area (Å²) in [5.41, 5.74) is 3.05. The van der Waals surface area contributed by atoms with E-state index in [4.69, 9.17) is 21.1 Å². The Morgan fingerprint density at radius 2 is 1.66 bits per heavy atom. The van der Waals surface area contributed by atoms with E-state index in [2.05, 4.69) is 4.74 Å². The van der Waals surface area contributed by atoms with Crippen LogP contribution in [0.25, 0.3) is 16.9 Å². The van der Waals surface area contributed by atoms with Gasteiger partial charge < -0.3 is 51.1 Å². The molecule has 9 N–H and O–H groups in total. The number of carbonyl (C=O) groups is 3. The minimum absolute atomic E-state index is 0.0370. The molecule has 0 saturated heterocycles. The van der Waals surface area contributed by atoms with E-state index in [0.717, 1.165) is 0 Å². The number of anilines is 1. The van der Waals surface area contributed by atoms with Gasteiger partial charge in [0.2, 0.25) is 5.78 Å². The second-order valence-corrected chi connectivity index (χ2v) is 11.7. The van der Waals surface area contributed by atoms with Crippen molar-refractivity contribution in [1.29, 1.82) is 0 Å². The summed E-state index contributed by atoms with van der Waals surface area (Å²) in [6.07, 6.45) is -3.32. The van der Waals surface area contributed by atoms with Crippen LogP contribution in [0.4, 0.5) is 5.69 Å². The monoisotopic (exact) mass is 611 g/mol. The zero-order valence-electron chi connectivity index (χ0n) is 24.3. The van der Waals surface area contributed by atoms with Crippen molar-refractivity contribution in [3.05, 3.63) is 58.4 Å². The number of benzene rings is 2. The number of hydrogen-bond donors (Lipinski definition) is 8. The molecule has 5 rings (SSSR count). The first-order chi connectivity index (χ1) is 20.4. The lowest BCUT2D eigenvalue weighted by Crippen LogP contribution is -2.65. The summed E-state index contributed by atoms with van der Waals surface area (Å²) in [4.78, 5) is 42.7. The summed E-state index contributed by atoms with van der Waals surface area (Å²) >= 11 is 0. The summed E-state index contributed by atoms with van der Waals surface area (Å²) < 4.78 is 4.59. The molecule has 234 valence electrons. The van der Waals surface area contributed by atoms with Gasteiger partial charge in [0.25, 0.3) is 5.91 Å². The van der Waals surface area contributed by atoms with E-state index < -0.39 is 70.0 Å². The lowest BCUT2D eigenvalue weighted by atomic mass is 9.57. The van der Waals surface area contributed by atoms with Crippen molar-refractivity contribution < 1.29 is 54.9 Å². The van der Waals surface area contributed by atoms with Gasteiger partial charge in [0, 0.05) is 36.8 Å². The van der Waals surface area contributed by atoms with Crippen molar-refractivity contribution >= 4 is 28.9 Å². The standard InChI is InChI=1S/C30H33N3O11/c1-32(2)18-11-15(12-5-7-14(8-6-12)44-30(41,42)43)23(34)20-16(18)9-13-10-17-22(33(3)4)25(36)21(28(31)39)27(38)29(17,40)26(37)19(13)24(20)35/h5-8,11,13,17,22,34-35,38,40-43H,9-10H2,1-4H3,(H2,31,39)/t13-,17-,22-,29-/m1/s1. The van der Waals surface area contributed by atoms with Crippen LogP contribution in [0.3, 0.4) is 0 Å². The number of aliphatic hydroxyl groups is 6. The van der Waals surface area contributed by atoms with Gasteiger partial charge in [-0.1, -0.05) is 12.1 Å². The number of phenolic OH excluding ortho intramolecular Hbond substituents is 1. The van der Waals surface area contributed by atoms with Crippen LogP contribution in [0.15, 0.2) is 47.2 Å². The van der Waals surface area contributed by atoms with Crippen LogP contribution in [0.5, 0.6) is 11.5 Å². The number of ether oxygens (including phenoxy) is 1. The zero-order valence-corrected chi connectivity index (χ0v) is 24.3. The van der Waals surface area contributed by atoms with Crippen LogP contribution in [0.1, 0.15) is 17.5 Å². The van der Waals surface area contributed by atoms with Crippen molar-refractivity contribution in [3.63, 3.8) is 0 Å². The van der Waals surface area contributed by atoms with E-state index in [1.54, 1.807) is 25.1 Å². The Bertz CT molecular complexity index is 1650. The minimum atomic E-state index is -3.41. The SMILES string of the molecule is CN(C)c1cc(-c2ccc(OC(O)(O)O)cc2)c(O)c2c1C[C@@H]1C[C@@H]3[C@@H](N(C)C)C(=O)C(C(N)=O)=C(O)[C@]3(O)C(=O)C1=C2O. The Hall–Kier alpha value is -4.47. The molecule has 0 bridgehead atoms. The molecular weight excluding hydrogens is 578 g/mol. The average Bonchev–Trinajstić information content (AvgIpc) is 2.90. The Morgan fingerprint density at radius 1 is 1.05 bits per heavy atom. The molecule has 0 heterocycles. The van der Waals surface area contributed by atoms with Crippen LogP contribution >= 0.6 is 0 Å². The molecule has 1 fully saturated rings. The van der Waals surface area contributed by atoms with Crippen LogP contribution in [0.2, 0.25) is 0 Å². The molecule has 0 unspecified atom stereocenters. The first kappa shape index (κ1) is 31.0. The van der Waals surface area contributed by atoms with Gasteiger partial charge in [-0.25, -0.2) is 0 Å². The maximum absolute atomic E-state index is 14.1. The topological polar surface area (TPSA) is 235 Å². The molecule has 2 aromatic rings. The number of aromatic hydroxyl groups is 1. The Kier molecular flexibility index (Phi) is 7.26. The molecule has 0 spiro atoms. The highest BCUT2D eigenvalue weighted by atomic mass is 16.9.